The average molecular weight is 335 g/mol. The summed E-state index contributed by atoms with van der Waals surface area (Å²) in [6.07, 6.45) is 9.32. The highest BCUT2D eigenvalue weighted by Gasteiger charge is 2.30. The maximum Gasteiger partial charge on any atom is 0.237 e. The van der Waals surface area contributed by atoms with E-state index >= 15 is 0 Å². The average Bonchev–Trinajstić information content (AvgIpc) is 3.49. The summed E-state index contributed by atoms with van der Waals surface area (Å²) in [5.74, 6) is 0.192. The van der Waals surface area contributed by atoms with Gasteiger partial charge < -0.3 is 10.2 Å². The molecule has 0 radical (unpaired) electrons. The van der Waals surface area contributed by atoms with Gasteiger partial charge in [-0.15, -0.1) is 0 Å². The molecule has 2 aliphatic rings. The maximum atomic E-state index is 13.0. The number of nitrogens with one attached hydrogen (secondary N) is 1. The van der Waals surface area contributed by atoms with Gasteiger partial charge in [0.15, 0.2) is 0 Å². The van der Waals surface area contributed by atoms with Gasteiger partial charge in [-0.2, -0.15) is 0 Å². The molecule has 1 amide bonds. The first-order valence-corrected chi connectivity index (χ1v) is 9.31. The first-order valence-electron chi connectivity index (χ1n) is 9.31. The number of rotatable bonds is 6. The molecule has 0 unspecified atom stereocenters. The second-order valence-electron chi connectivity index (χ2n) is 7.14. The van der Waals surface area contributed by atoms with Crippen molar-refractivity contribution in [2.45, 2.75) is 50.7 Å². The quantitative estimate of drug-likeness (QED) is 0.881. The number of benzene rings is 1. The Balaban J connectivity index is 1.59. The molecule has 0 bridgehead atoms. The first-order chi connectivity index (χ1) is 12.3. The zero-order valence-corrected chi connectivity index (χ0v) is 14.5. The third kappa shape index (κ3) is 3.90. The topological polar surface area (TPSA) is 45.2 Å². The molecule has 2 aliphatic carbocycles. The van der Waals surface area contributed by atoms with Crippen LogP contribution in [0, 0.1) is 0 Å². The molecule has 0 aliphatic heterocycles. The predicted octanol–water partition coefficient (Wildman–Crippen LogP) is 3.24. The molecule has 1 aromatic carbocycles. The number of nitrogens with zero attached hydrogens (tertiary/aromatic N) is 2. The van der Waals surface area contributed by atoms with Gasteiger partial charge in [-0.05, 0) is 54.9 Å². The highest BCUT2D eigenvalue weighted by Crippen LogP contribution is 2.35. The Bertz CT molecular complexity index is 727. The molecule has 1 saturated carbocycles. The van der Waals surface area contributed by atoms with E-state index in [2.05, 4.69) is 45.5 Å². The van der Waals surface area contributed by atoms with E-state index < -0.39 is 0 Å². The Morgan fingerprint density at radius 1 is 1.16 bits per heavy atom. The lowest BCUT2D eigenvalue weighted by atomic mass is 9.86. The number of aromatic nitrogens is 1. The van der Waals surface area contributed by atoms with Crippen LogP contribution >= 0.6 is 0 Å². The van der Waals surface area contributed by atoms with E-state index in [4.69, 9.17) is 0 Å². The molecule has 4 heteroatoms. The lowest BCUT2D eigenvalue weighted by molar-refractivity contribution is -0.133. The molecule has 1 atom stereocenters. The van der Waals surface area contributed by atoms with Crippen molar-refractivity contribution in [2.75, 3.05) is 6.54 Å². The summed E-state index contributed by atoms with van der Waals surface area (Å²) in [6.45, 7) is 1.06. The number of fused-ring (bicyclic) bond motifs is 1. The molecular formula is C21H25N3O. The first kappa shape index (κ1) is 16.3. The molecule has 1 heterocycles. The second kappa shape index (κ2) is 7.36. The van der Waals surface area contributed by atoms with Crippen LogP contribution < -0.4 is 5.32 Å². The van der Waals surface area contributed by atoms with E-state index in [-0.39, 0.29) is 11.9 Å². The minimum atomic E-state index is 0.165. The zero-order chi connectivity index (χ0) is 17.1. The Kier molecular flexibility index (Phi) is 4.79. The highest BCUT2D eigenvalue weighted by atomic mass is 16.2. The summed E-state index contributed by atoms with van der Waals surface area (Å²) in [5, 5.41) is 3.38. The van der Waals surface area contributed by atoms with Gasteiger partial charge in [-0.25, -0.2) is 0 Å². The standard InChI is InChI=1S/C21H25N3O/c25-21(14-23-18-10-11-18)24(15-16-5-4-12-22-13-16)20-9-3-7-17-6-1-2-8-19(17)20/h1-2,4-6,8,12-13,18,20,23H,3,7,9-11,14-15H2/t20-/m1/s1. The van der Waals surface area contributed by atoms with Crippen molar-refractivity contribution in [3.8, 4) is 0 Å². The smallest absolute Gasteiger partial charge is 0.237 e. The van der Waals surface area contributed by atoms with Crippen molar-refractivity contribution >= 4 is 5.91 Å². The van der Waals surface area contributed by atoms with Crippen molar-refractivity contribution in [2.24, 2.45) is 0 Å². The molecule has 1 aromatic heterocycles. The van der Waals surface area contributed by atoms with E-state index in [1.54, 1.807) is 6.20 Å². The van der Waals surface area contributed by atoms with Crippen molar-refractivity contribution in [1.82, 2.24) is 15.2 Å². The van der Waals surface area contributed by atoms with Crippen LogP contribution in [-0.2, 0) is 17.8 Å². The van der Waals surface area contributed by atoms with Crippen LogP contribution in [0.1, 0.15) is 48.4 Å². The van der Waals surface area contributed by atoms with Crippen molar-refractivity contribution in [1.29, 1.82) is 0 Å². The van der Waals surface area contributed by atoms with Crippen molar-refractivity contribution in [3.63, 3.8) is 0 Å². The third-order valence-corrected chi connectivity index (χ3v) is 5.23. The lowest BCUT2D eigenvalue weighted by Gasteiger charge is -2.36. The molecule has 1 fully saturated rings. The van der Waals surface area contributed by atoms with Crippen LogP contribution in [0.3, 0.4) is 0 Å². The third-order valence-electron chi connectivity index (χ3n) is 5.23. The molecule has 2 aromatic rings. The van der Waals surface area contributed by atoms with Crippen LogP contribution in [0.4, 0.5) is 0 Å². The highest BCUT2D eigenvalue weighted by molar-refractivity contribution is 5.79. The van der Waals surface area contributed by atoms with Gasteiger partial charge in [0.25, 0.3) is 0 Å². The molecule has 0 saturated heterocycles. The van der Waals surface area contributed by atoms with E-state index in [0.717, 1.165) is 24.8 Å². The molecule has 25 heavy (non-hydrogen) atoms. The van der Waals surface area contributed by atoms with E-state index in [0.29, 0.717) is 19.1 Å². The molecule has 4 rings (SSSR count). The molecule has 130 valence electrons. The number of aryl methyl sites for hydroxylation is 1. The number of pyridine rings is 1. The zero-order valence-electron chi connectivity index (χ0n) is 14.5. The fraction of sp³-hybridized carbons (Fsp3) is 0.429. The number of amides is 1. The molecule has 1 N–H and O–H groups in total. The Morgan fingerprint density at radius 2 is 2.04 bits per heavy atom. The Hall–Kier alpha value is -2.20. The fourth-order valence-corrected chi connectivity index (χ4v) is 3.73. The second-order valence-corrected chi connectivity index (χ2v) is 7.14. The number of hydrogen-bond acceptors (Lipinski definition) is 3. The van der Waals surface area contributed by atoms with Crippen LogP contribution in [0.25, 0.3) is 0 Å². The van der Waals surface area contributed by atoms with Gasteiger partial charge in [0, 0.05) is 25.0 Å². The molecular weight excluding hydrogens is 310 g/mol. The minimum Gasteiger partial charge on any atom is -0.330 e. The van der Waals surface area contributed by atoms with Crippen LogP contribution in [0.5, 0.6) is 0 Å². The van der Waals surface area contributed by atoms with Gasteiger partial charge in [0.2, 0.25) is 5.91 Å². The van der Waals surface area contributed by atoms with Crippen molar-refractivity contribution < 1.29 is 4.79 Å². The Morgan fingerprint density at radius 3 is 2.84 bits per heavy atom. The molecule has 4 nitrogen and oxygen atoms in total. The van der Waals surface area contributed by atoms with E-state index in [9.17, 15) is 4.79 Å². The Labute approximate surface area is 149 Å². The van der Waals surface area contributed by atoms with Crippen molar-refractivity contribution in [3.05, 3.63) is 65.5 Å². The van der Waals surface area contributed by atoms with Gasteiger partial charge in [0.1, 0.15) is 0 Å². The lowest BCUT2D eigenvalue weighted by Crippen LogP contribution is -2.41. The number of carbonyl (C=O) groups is 1. The summed E-state index contributed by atoms with van der Waals surface area (Å²) in [7, 11) is 0. The number of hydrogen-bond donors (Lipinski definition) is 1. The van der Waals surface area contributed by atoms with Crippen LogP contribution in [-0.4, -0.2) is 28.4 Å². The monoisotopic (exact) mass is 335 g/mol. The van der Waals surface area contributed by atoms with Crippen LogP contribution in [0.15, 0.2) is 48.8 Å². The van der Waals surface area contributed by atoms with Gasteiger partial charge in [-0.1, -0.05) is 30.3 Å². The maximum absolute atomic E-state index is 13.0. The molecule has 0 spiro atoms. The van der Waals surface area contributed by atoms with E-state index in [1.165, 1.54) is 24.0 Å². The van der Waals surface area contributed by atoms with E-state index in [1.807, 2.05) is 12.3 Å². The van der Waals surface area contributed by atoms with Crippen LogP contribution in [0.2, 0.25) is 0 Å². The summed E-state index contributed by atoms with van der Waals surface area (Å²) < 4.78 is 0. The fourth-order valence-electron chi connectivity index (χ4n) is 3.73. The summed E-state index contributed by atoms with van der Waals surface area (Å²) >= 11 is 0. The van der Waals surface area contributed by atoms with Gasteiger partial charge in [-0.3, -0.25) is 9.78 Å². The minimum absolute atomic E-state index is 0.165. The SMILES string of the molecule is O=C(CNC1CC1)N(Cc1cccnc1)[C@@H]1CCCc2ccccc21. The summed E-state index contributed by atoms with van der Waals surface area (Å²) in [6, 6.07) is 13.3. The van der Waals surface area contributed by atoms with Gasteiger partial charge >= 0.3 is 0 Å². The van der Waals surface area contributed by atoms with Gasteiger partial charge in [0.05, 0.1) is 12.6 Å². The summed E-state index contributed by atoms with van der Waals surface area (Å²) in [5.41, 5.74) is 3.79. The number of carbonyl (C=O) groups excluding carboxylic acids is 1. The summed E-state index contributed by atoms with van der Waals surface area (Å²) in [4.78, 5) is 19.3. The largest absolute Gasteiger partial charge is 0.330 e. The normalized spacial score (nSPS) is 19.3. The predicted molar refractivity (Wildman–Crippen MR) is 97.9 cm³/mol.